The summed E-state index contributed by atoms with van der Waals surface area (Å²) in [6, 6.07) is 12.4. The number of nitrogens with one attached hydrogen (secondary N) is 1. The van der Waals surface area contributed by atoms with Crippen molar-refractivity contribution in [1.29, 1.82) is 0 Å². The second kappa shape index (κ2) is 4.81. The van der Waals surface area contributed by atoms with Crippen molar-refractivity contribution in [1.82, 2.24) is 4.98 Å². The lowest BCUT2D eigenvalue weighted by Crippen LogP contribution is -2.00. The molecule has 1 heterocycles. The van der Waals surface area contributed by atoms with Crippen LogP contribution in [-0.4, -0.2) is 4.98 Å². The van der Waals surface area contributed by atoms with E-state index in [1.54, 1.807) is 19.2 Å². The molecular formula is C16H14FN3. The lowest BCUT2D eigenvalue weighted by Gasteiger charge is -2.13. The predicted octanol–water partition coefficient (Wildman–Crippen LogP) is 4.01. The number of hydrogen-bond acceptors (Lipinski definition) is 3. The molecule has 0 bridgehead atoms. The van der Waals surface area contributed by atoms with Crippen molar-refractivity contribution in [2.75, 3.05) is 11.1 Å². The molecule has 0 aliphatic heterocycles. The molecule has 2 aromatic carbocycles. The average molecular weight is 267 g/mol. The van der Waals surface area contributed by atoms with Gasteiger partial charge in [-0.1, -0.05) is 6.07 Å². The summed E-state index contributed by atoms with van der Waals surface area (Å²) in [6.45, 7) is 1.73. The molecule has 4 heteroatoms. The van der Waals surface area contributed by atoms with Crippen molar-refractivity contribution in [2.45, 2.75) is 6.92 Å². The molecule has 0 unspecified atom stereocenters. The largest absolute Gasteiger partial charge is 0.396 e. The Balaban J connectivity index is 2.07. The van der Waals surface area contributed by atoms with Crippen molar-refractivity contribution >= 4 is 28.0 Å². The number of nitrogens with two attached hydrogens (primary N) is 1. The smallest absolute Gasteiger partial charge is 0.128 e. The van der Waals surface area contributed by atoms with Crippen LogP contribution in [0.3, 0.4) is 0 Å². The molecule has 0 atom stereocenters. The predicted molar refractivity (Wildman–Crippen MR) is 80.6 cm³/mol. The maximum atomic E-state index is 13.6. The van der Waals surface area contributed by atoms with E-state index >= 15 is 0 Å². The van der Waals surface area contributed by atoms with Gasteiger partial charge >= 0.3 is 0 Å². The number of aromatic nitrogens is 1. The van der Waals surface area contributed by atoms with Crippen LogP contribution in [0.5, 0.6) is 0 Å². The Labute approximate surface area is 116 Å². The molecule has 0 saturated carbocycles. The number of anilines is 3. The first-order valence-electron chi connectivity index (χ1n) is 6.32. The number of hydrogen-bond donors (Lipinski definition) is 2. The third-order valence-corrected chi connectivity index (χ3v) is 3.36. The zero-order chi connectivity index (χ0) is 14.1. The topological polar surface area (TPSA) is 50.9 Å². The van der Waals surface area contributed by atoms with Gasteiger partial charge in [0.1, 0.15) is 5.82 Å². The Morgan fingerprint density at radius 3 is 2.75 bits per heavy atom. The van der Waals surface area contributed by atoms with Gasteiger partial charge < -0.3 is 11.1 Å². The van der Waals surface area contributed by atoms with E-state index < -0.39 is 0 Å². The number of pyridine rings is 1. The molecule has 0 aliphatic rings. The monoisotopic (exact) mass is 267 g/mol. The normalized spacial score (nSPS) is 10.7. The molecule has 20 heavy (non-hydrogen) atoms. The minimum atomic E-state index is -0.240. The van der Waals surface area contributed by atoms with Crippen LogP contribution in [0.2, 0.25) is 0 Å². The van der Waals surface area contributed by atoms with E-state index in [1.807, 2.05) is 30.3 Å². The Bertz CT molecular complexity index is 784. The maximum Gasteiger partial charge on any atom is 0.128 e. The number of nitrogen functional groups attached to an aromatic ring is 1. The minimum Gasteiger partial charge on any atom is -0.396 e. The van der Waals surface area contributed by atoms with E-state index in [9.17, 15) is 4.39 Å². The van der Waals surface area contributed by atoms with Crippen molar-refractivity contribution < 1.29 is 4.39 Å². The van der Waals surface area contributed by atoms with Crippen molar-refractivity contribution in [3.05, 3.63) is 60.0 Å². The van der Waals surface area contributed by atoms with Gasteiger partial charge in [0.05, 0.1) is 16.9 Å². The zero-order valence-electron chi connectivity index (χ0n) is 11.0. The van der Waals surface area contributed by atoms with Crippen LogP contribution in [0.4, 0.5) is 21.5 Å². The van der Waals surface area contributed by atoms with Gasteiger partial charge in [-0.25, -0.2) is 4.39 Å². The van der Waals surface area contributed by atoms with Crippen LogP contribution >= 0.6 is 0 Å². The Hall–Kier alpha value is -2.62. The van der Waals surface area contributed by atoms with Crippen LogP contribution in [-0.2, 0) is 0 Å². The molecule has 3 N–H and O–H groups in total. The summed E-state index contributed by atoms with van der Waals surface area (Å²) in [5.74, 6) is -0.240. The van der Waals surface area contributed by atoms with Gasteiger partial charge in [0, 0.05) is 22.8 Å². The molecule has 3 nitrogen and oxygen atoms in total. The highest BCUT2D eigenvalue weighted by Gasteiger charge is 2.08. The van der Waals surface area contributed by atoms with Gasteiger partial charge in [0.15, 0.2) is 0 Å². The first-order chi connectivity index (χ1) is 9.66. The molecule has 1 aromatic heterocycles. The number of nitrogens with zero attached hydrogens (tertiary/aromatic N) is 1. The minimum absolute atomic E-state index is 0.240. The first kappa shape index (κ1) is 12.4. The molecule has 0 aliphatic carbocycles. The zero-order valence-corrected chi connectivity index (χ0v) is 11.0. The Morgan fingerprint density at radius 2 is 1.90 bits per heavy atom. The highest BCUT2D eigenvalue weighted by molar-refractivity contribution is 5.97. The highest BCUT2D eigenvalue weighted by Crippen LogP contribution is 2.31. The summed E-state index contributed by atoms with van der Waals surface area (Å²) in [6.07, 6.45) is 1.73. The molecule has 0 amide bonds. The molecule has 0 fully saturated rings. The van der Waals surface area contributed by atoms with E-state index in [1.165, 1.54) is 6.07 Å². The third kappa shape index (κ3) is 2.05. The van der Waals surface area contributed by atoms with E-state index in [0.717, 1.165) is 16.6 Å². The summed E-state index contributed by atoms with van der Waals surface area (Å²) in [5, 5.41) is 4.06. The van der Waals surface area contributed by atoms with Gasteiger partial charge in [-0.3, -0.25) is 4.98 Å². The lowest BCUT2D eigenvalue weighted by atomic mass is 10.1. The molecule has 3 rings (SSSR count). The van der Waals surface area contributed by atoms with E-state index in [-0.39, 0.29) is 5.82 Å². The van der Waals surface area contributed by atoms with E-state index in [0.29, 0.717) is 16.9 Å². The van der Waals surface area contributed by atoms with Crippen molar-refractivity contribution in [3.63, 3.8) is 0 Å². The Morgan fingerprint density at radius 1 is 1.05 bits per heavy atom. The highest BCUT2D eigenvalue weighted by atomic mass is 19.1. The molecule has 0 saturated heterocycles. The fourth-order valence-electron chi connectivity index (χ4n) is 2.17. The fourth-order valence-corrected chi connectivity index (χ4v) is 2.17. The van der Waals surface area contributed by atoms with Crippen LogP contribution < -0.4 is 11.1 Å². The van der Waals surface area contributed by atoms with Gasteiger partial charge in [-0.15, -0.1) is 0 Å². The van der Waals surface area contributed by atoms with Gasteiger partial charge in [-0.05, 0) is 43.3 Å². The lowest BCUT2D eigenvalue weighted by molar-refractivity contribution is 0.619. The summed E-state index contributed by atoms with van der Waals surface area (Å²) in [7, 11) is 0. The fraction of sp³-hybridized carbons (Fsp3) is 0.0625. The Kier molecular flexibility index (Phi) is 2.99. The molecular weight excluding hydrogens is 253 g/mol. The van der Waals surface area contributed by atoms with Crippen LogP contribution in [0.15, 0.2) is 48.7 Å². The summed E-state index contributed by atoms with van der Waals surface area (Å²) < 4.78 is 13.6. The maximum absolute atomic E-state index is 13.6. The molecule has 0 spiro atoms. The first-order valence-corrected chi connectivity index (χ1v) is 6.32. The molecule has 100 valence electrons. The van der Waals surface area contributed by atoms with Crippen molar-refractivity contribution in [3.8, 4) is 0 Å². The molecule has 3 aromatic rings. The molecule has 0 radical (unpaired) electrons. The number of benzene rings is 2. The number of rotatable bonds is 2. The van der Waals surface area contributed by atoms with Gasteiger partial charge in [-0.2, -0.15) is 0 Å². The summed E-state index contributed by atoms with van der Waals surface area (Å²) >= 11 is 0. The number of halogens is 1. The van der Waals surface area contributed by atoms with E-state index in [4.69, 9.17) is 5.73 Å². The SMILES string of the molecule is Cc1c(F)cccc1Nc1ccc2ncccc2c1N. The van der Waals surface area contributed by atoms with Crippen LogP contribution in [0, 0.1) is 12.7 Å². The van der Waals surface area contributed by atoms with Gasteiger partial charge in [0.2, 0.25) is 0 Å². The second-order valence-electron chi connectivity index (χ2n) is 4.63. The summed E-state index contributed by atoms with van der Waals surface area (Å²) in [4.78, 5) is 4.25. The summed E-state index contributed by atoms with van der Waals surface area (Å²) in [5.41, 5.74) is 9.63. The van der Waals surface area contributed by atoms with Gasteiger partial charge in [0.25, 0.3) is 0 Å². The second-order valence-corrected chi connectivity index (χ2v) is 4.63. The number of fused-ring (bicyclic) bond motifs is 1. The quantitative estimate of drug-likeness (QED) is 0.690. The third-order valence-electron chi connectivity index (χ3n) is 3.36. The van der Waals surface area contributed by atoms with Crippen LogP contribution in [0.25, 0.3) is 10.9 Å². The van der Waals surface area contributed by atoms with Crippen molar-refractivity contribution in [2.24, 2.45) is 0 Å². The van der Waals surface area contributed by atoms with Crippen LogP contribution in [0.1, 0.15) is 5.56 Å². The average Bonchev–Trinajstić information content (AvgIpc) is 2.47. The standard InChI is InChI=1S/C16H14FN3/c1-10-12(17)5-2-6-13(10)20-15-8-7-14-11(16(15)18)4-3-9-19-14/h2-9,20H,18H2,1H3. The van der Waals surface area contributed by atoms with E-state index in [2.05, 4.69) is 10.3 Å².